The molecule has 1 heterocycles. The Hall–Kier alpha value is -0.0800. The molecular formula is C14H33NO. The van der Waals surface area contributed by atoms with Crippen molar-refractivity contribution in [3.63, 3.8) is 0 Å². The van der Waals surface area contributed by atoms with E-state index in [0.29, 0.717) is 0 Å². The van der Waals surface area contributed by atoms with Crippen molar-refractivity contribution >= 4 is 0 Å². The highest BCUT2D eigenvalue weighted by Gasteiger charge is 2.26. The van der Waals surface area contributed by atoms with E-state index in [9.17, 15) is 0 Å². The van der Waals surface area contributed by atoms with E-state index in [0.717, 1.165) is 19.7 Å². The molecular weight excluding hydrogens is 198 g/mol. The lowest BCUT2D eigenvalue weighted by molar-refractivity contribution is -0.0860. The Bertz CT molecular complexity index is 135. The summed E-state index contributed by atoms with van der Waals surface area (Å²) in [6.07, 6.45) is 2.61. The monoisotopic (exact) mass is 231 g/mol. The van der Waals surface area contributed by atoms with Gasteiger partial charge in [-0.05, 0) is 26.8 Å². The fourth-order valence-electron chi connectivity index (χ4n) is 1.69. The molecule has 1 fully saturated rings. The highest BCUT2D eigenvalue weighted by atomic mass is 16.5. The molecule has 0 unspecified atom stereocenters. The SMILES string of the molecule is CC.CC.CCCCN1CCOC(C)(C)C1. The number of ether oxygens (including phenoxy) is 1. The van der Waals surface area contributed by atoms with Crippen LogP contribution in [-0.2, 0) is 4.74 Å². The molecule has 1 saturated heterocycles. The summed E-state index contributed by atoms with van der Waals surface area (Å²) in [5, 5.41) is 0. The first kappa shape index (κ1) is 18.3. The lowest BCUT2D eigenvalue weighted by atomic mass is 10.1. The molecule has 0 aromatic heterocycles. The van der Waals surface area contributed by atoms with E-state index < -0.39 is 0 Å². The first-order valence-electron chi connectivity index (χ1n) is 7.00. The second-order valence-electron chi connectivity index (χ2n) is 4.24. The van der Waals surface area contributed by atoms with Gasteiger partial charge in [0.05, 0.1) is 12.2 Å². The zero-order chi connectivity index (χ0) is 13.0. The van der Waals surface area contributed by atoms with Crippen LogP contribution in [0.4, 0.5) is 0 Å². The number of morpholine rings is 1. The van der Waals surface area contributed by atoms with E-state index in [4.69, 9.17) is 4.74 Å². The molecule has 1 aliphatic rings. The van der Waals surface area contributed by atoms with Gasteiger partial charge >= 0.3 is 0 Å². The Morgan fingerprint density at radius 2 is 1.69 bits per heavy atom. The second kappa shape index (κ2) is 11.4. The Kier molecular flexibility index (Phi) is 13.0. The summed E-state index contributed by atoms with van der Waals surface area (Å²) in [6.45, 7) is 18.9. The molecule has 0 aliphatic carbocycles. The first-order valence-corrected chi connectivity index (χ1v) is 7.00. The van der Waals surface area contributed by atoms with Crippen LogP contribution in [0.5, 0.6) is 0 Å². The van der Waals surface area contributed by atoms with Crippen molar-refractivity contribution in [3.05, 3.63) is 0 Å². The lowest BCUT2D eigenvalue weighted by Crippen LogP contribution is -2.48. The van der Waals surface area contributed by atoms with Gasteiger partial charge < -0.3 is 4.74 Å². The zero-order valence-corrected chi connectivity index (χ0v) is 12.6. The summed E-state index contributed by atoms with van der Waals surface area (Å²) in [6, 6.07) is 0. The van der Waals surface area contributed by atoms with Crippen LogP contribution in [0.25, 0.3) is 0 Å². The molecule has 100 valence electrons. The minimum absolute atomic E-state index is 0.0754. The van der Waals surface area contributed by atoms with Crippen LogP contribution in [0.3, 0.4) is 0 Å². The van der Waals surface area contributed by atoms with Crippen LogP contribution in [0, 0.1) is 0 Å². The highest BCUT2D eigenvalue weighted by molar-refractivity contribution is 4.78. The number of hydrogen-bond donors (Lipinski definition) is 0. The lowest BCUT2D eigenvalue weighted by Gasteiger charge is -2.38. The van der Waals surface area contributed by atoms with Crippen molar-refractivity contribution in [1.29, 1.82) is 0 Å². The van der Waals surface area contributed by atoms with Crippen LogP contribution in [-0.4, -0.2) is 36.7 Å². The van der Waals surface area contributed by atoms with Crippen molar-refractivity contribution in [2.45, 2.75) is 66.9 Å². The minimum Gasteiger partial charge on any atom is -0.373 e. The van der Waals surface area contributed by atoms with Gasteiger partial charge in [0.1, 0.15) is 0 Å². The maximum absolute atomic E-state index is 5.63. The fourth-order valence-corrected chi connectivity index (χ4v) is 1.69. The first-order chi connectivity index (χ1) is 7.64. The van der Waals surface area contributed by atoms with Crippen LogP contribution in [0.1, 0.15) is 61.3 Å². The summed E-state index contributed by atoms with van der Waals surface area (Å²) in [4.78, 5) is 2.51. The minimum atomic E-state index is 0.0754. The molecule has 0 aromatic carbocycles. The van der Waals surface area contributed by atoms with Gasteiger partial charge in [0.25, 0.3) is 0 Å². The number of unbranched alkanes of at least 4 members (excludes halogenated alkanes) is 1. The number of rotatable bonds is 3. The molecule has 2 nitrogen and oxygen atoms in total. The summed E-state index contributed by atoms with van der Waals surface area (Å²) in [5.41, 5.74) is 0.0754. The van der Waals surface area contributed by atoms with Gasteiger partial charge in [0.15, 0.2) is 0 Å². The molecule has 2 heteroatoms. The van der Waals surface area contributed by atoms with Gasteiger partial charge in [-0.2, -0.15) is 0 Å². The Morgan fingerprint density at radius 1 is 1.12 bits per heavy atom. The van der Waals surface area contributed by atoms with Gasteiger partial charge in [0, 0.05) is 13.1 Å². The van der Waals surface area contributed by atoms with E-state index in [-0.39, 0.29) is 5.60 Å². The largest absolute Gasteiger partial charge is 0.373 e. The smallest absolute Gasteiger partial charge is 0.0753 e. The molecule has 1 aliphatic heterocycles. The molecule has 0 bridgehead atoms. The normalized spacial score (nSPS) is 18.9. The maximum Gasteiger partial charge on any atom is 0.0753 e. The van der Waals surface area contributed by atoms with Crippen molar-refractivity contribution in [2.24, 2.45) is 0 Å². The van der Waals surface area contributed by atoms with Gasteiger partial charge in [-0.25, -0.2) is 0 Å². The van der Waals surface area contributed by atoms with E-state index >= 15 is 0 Å². The summed E-state index contributed by atoms with van der Waals surface area (Å²) in [7, 11) is 0. The van der Waals surface area contributed by atoms with Crippen LogP contribution >= 0.6 is 0 Å². The average molecular weight is 231 g/mol. The maximum atomic E-state index is 5.63. The van der Waals surface area contributed by atoms with E-state index in [2.05, 4.69) is 25.7 Å². The van der Waals surface area contributed by atoms with E-state index in [1.165, 1.54) is 19.4 Å². The molecule has 0 N–H and O–H groups in total. The van der Waals surface area contributed by atoms with Gasteiger partial charge in [-0.3, -0.25) is 4.90 Å². The number of nitrogens with zero attached hydrogens (tertiary/aromatic N) is 1. The van der Waals surface area contributed by atoms with Crippen LogP contribution in [0.2, 0.25) is 0 Å². The van der Waals surface area contributed by atoms with E-state index in [1.807, 2.05) is 27.7 Å². The predicted octanol–water partition coefficient (Wildman–Crippen LogP) is 3.95. The second-order valence-corrected chi connectivity index (χ2v) is 4.24. The predicted molar refractivity (Wildman–Crippen MR) is 74.1 cm³/mol. The number of hydrogen-bond acceptors (Lipinski definition) is 2. The molecule has 0 amide bonds. The topological polar surface area (TPSA) is 12.5 Å². The van der Waals surface area contributed by atoms with Gasteiger partial charge in [-0.1, -0.05) is 41.0 Å². The van der Waals surface area contributed by atoms with Crippen molar-refractivity contribution in [3.8, 4) is 0 Å². The highest BCUT2D eigenvalue weighted by Crippen LogP contribution is 2.16. The summed E-state index contributed by atoms with van der Waals surface area (Å²) >= 11 is 0. The van der Waals surface area contributed by atoms with Crippen LogP contribution < -0.4 is 0 Å². The van der Waals surface area contributed by atoms with Crippen LogP contribution in [0.15, 0.2) is 0 Å². The zero-order valence-electron chi connectivity index (χ0n) is 12.6. The fraction of sp³-hybridized carbons (Fsp3) is 1.00. The Balaban J connectivity index is 0. The molecule has 1 rings (SSSR count). The molecule has 0 radical (unpaired) electrons. The van der Waals surface area contributed by atoms with Gasteiger partial charge in [0.2, 0.25) is 0 Å². The molecule has 0 saturated carbocycles. The average Bonchev–Trinajstić information content (AvgIpc) is 2.30. The molecule has 0 aromatic rings. The van der Waals surface area contributed by atoms with Crippen molar-refractivity contribution in [1.82, 2.24) is 4.90 Å². The molecule has 16 heavy (non-hydrogen) atoms. The third kappa shape index (κ3) is 9.17. The third-order valence-corrected chi connectivity index (χ3v) is 2.33. The van der Waals surface area contributed by atoms with Crippen molar-refractivity contribution < 1.29 is 4.74 Å². The Morgan fingerprint density at radius 3 is 2.12 bits per heavy atom. The van der Waals surface area contributed by atoms with Crippen molar-refractivity contribution in [2.75, 3.05) is 26.2 Å². The van der Waals surface area contributed by atoms with E-state index in [1.54, 1.807) is 0 Å². The Labute approximate surface area is 103 Å². The van der Waals surface area contributed by atoms with Gasteiger partial charge in [-0.15, -0.1) is 0 Å². The third-order valence-electron chi connectivity index (χ3n) is 2.33. The molecule has 0 spiro atoms. The quantitative estimate of drug-likeness (QED) is 0.729. The molecule has 0 atom stereocenters. The summed E-state index contributed by atoms with van der Waals surface area (Å²) in [5.74, 6) is 0. The standard InChI is InChI=1S/C10H21NO.2C2H6/c1-4-5-6-11-7-8-12-10(2,3)9-11;2*1-2/h4-9H2,1-3H3;2*1-2H3. The summed E-state index contributed by atoms with van der Waals surface area (Å²) < 4.78 is 5.63.